The highest BCUT2D eigenvalue weighted by Crippen LogP contribution is 2.67. The van der Waals surface area contributed by atoms with E-state index in [4.69, 9.17) is 4.74 Å². The van der Waals surface area contributed by atoms with Crippen LogP contribution in [0, 0.1) is 40.4 Å². The molecule has 4 aliphatic carbocycles. The fourth-order valence-corrected chi connectivity index (χ4v) is 8.59. The van der Waals surface area contributed by atoms with Gasteiger partial charge in [0.05, 0.1) is 11.7 Å². The third kappa shape index (κ3) is 3.75. The highest BCUT2D eigenvalue weighted by molar-refractivity contribution is 5.25. The quantitative estimate of drug-likeness (QED) is 0.514. The Kier molecular flexibility index (Phi) is 5.78. The Morgan fingerprint density at radius 1 is 1.14 bits per heavy atom. The van der Waals surface area contributed by atoms with Crippen LogP contribution in [0.4, 0.5) is 0 Å². The normalized spacial score (nSPS) is 45.8. The summed E-state index contributed by atoms with van der Waals surface area (Å²) >= 11 is 0. The van der Waals surface area contributed by atoms with Crippen LogP contribution < -0.4 is 0 Å². The minimum atomic E-state index is -0.523. The first-order chi connectivity index (χ1) is 13.6. The largest absolute Gasteiger partial charge is 0.390 e. The molecular formula is C27H46O2. The van der Waals surface area contributed by atoms with E-state index in [1.54, 1.807) is 5.57 Å². The van der Waals surface area contributed by atoms with Gasteiger partial charge in [0.1, 0.15) is 0 Å². The van der Waals surface area contributed by atoms with E-state index in [0.29, 0.717) is 16.9 Å². The fourth-order valence-electron chi connectivity index (χ4n) is 8.59. The van der Waals surface area contributed by atoms with Crippen LogP contribution in [-0.2, 0) is 4.74 Å². The molecule has 3 saturated carbocycles. The van der Waals surface area contributed by atoms with Crippen molar-refractivity contribution in [1.29, 1.82) is 0 Å². The average Bonchev–Trinajstić information content (AvgIpc) is 3.02. The summed E-state index contributed by atoms with van der Waals surface area (Å²) in [6.07, 6.45) is 16.0. The third-order valence-corrected chi connectivity index (χ3v) is 10.4. The Labute approximate surface area is 179 Å². The lowest BCUT2D eigenvalue weighted by atomic mass is 9.47. The summed E-state index contributed by atoms with van der Waals surface area (Å²) in [5.41, 5.74) is 2.16. The monoisotopic (exact) mass is 402 g/mol. The molecule has 2 nitrogen and oxygen atoms in total. The number of methoxy groups -OCH3 is 1. The van der Waals surface area contributed by atoms with Crippen LogP contribution in [0.3, 0.4) is 0 Å². The van der Waals surface area contributed by atoms with Gasteiger partial charge in [-0.3, -0.25) is 0 Å². The molecule has 0 aromatic rings. The van der Waals surface area contributed by atoms with Gasteiger partial charge in [0, 0.05) is 7.11 Å². The van der Waals surface area contributed by atoms with Crippen LogP contribution in [0.2, 0.25) is 0 Å². The number of hydrogen-bond donors (Lipinski definition) is 1. The lowest BCUT2D eigenvalue weighted by molar-refractivity contribution is -0.0612. The molecule has 3 fully saturated rings. The van der Waals surface area contributed by atoms with Gasteiger partial charge in [-0.1, -0.05) is 32.4 Å². The van der Waals surface area contributed by atoms with Crippen molar-refractivity contribution in [3.8, 4) is 0 Å². The molecule has 0 saturated heterocycles. The summed E-state index contributed by atoms with van der Waals surface area (Å²) in [6, 6.07) is 0. The van der Waals surface area contributed by atoms with Crippen molar-refractivity contribution < 1.29 is 9.84 Å². The number of allylic oxidation sites excluding steroid dienone is 1. The molecule has 0 bridgehead atoms. The Morgan fingerprint density at radius 2 is 1.90 bits per heavy atom. The van der Waals surface area contributed by atoms with Crippen molar-refractivity contribution >= 4 is 0 Å². The third-order valence-electron chi connectivity index (χ3n) is 10.4. The highest BCUT2D eigenvalue weighted by atomic mass is 16.5. The van der Waals surface area contributed by atoms with E-state index in [1.165, 1.54) is 57.8 Å². The van der Waals surface area contributed by atoms with E-state index in [-0.39, 0.29) is 0 Å². The van der Waals surface area contributed by atoms with Crippen molar-refractivity contribution in [3.05, 3.63) is 11.6 Å². The van der Waals surface area contributed by atoms with Crippen molar-refractivity contribution in [2.24, 2.45) is 40.4 Å². The molecule has 1 N–H and O–H groups in total. The van der Waals surface area contributed by atoms with Gasteiger partial charge in [-0.05, 0) is 118 Å². The molecule has 0 amide bonds. The van der Waals surface area contributed by atoms with Gasteiger partial charge in [0.2, 0.25) is 0 Å². The fraction of sp³-hybridized carbons (Fsp3) is 0.926. The smallest absolute Gasteiger partial charge is 0.0608 e. The second kappa shape index (κ2) is 7.66. The van der Waals surface area contributed by atoms with E-state index in [9.17, 15) is 5.11 Å². The maximum Gasteiger partial charge on any atom is 0.0608 e. The molecular weight excluding hydrogens is 356 g/mol. The van der Waals surface area contributed by atoms with Crippen LogP contribution >= 0.6 is 0 Å². The minimum absolute atomic E-state index is 0.434. The average molecular weight is 403 g/mol. The molecule has 29 heavy (non-hydrogen) atoms. The van der Waals surface area contributed by atoms with E-state index < -0.39 is 5.60 Å². The standard InChI is InChI=1S/C27H46O2/c1-18(11-14-25(2,3)28)22-9-10-23-21-8-7-19-17-20(29-6)12-15-26(19,4)24(21)13-16-27(22,23)5/h7,18,20-24,28H,8-17H2,1-6H3/t18-,20+,21+,22?,23?,24?,26+,27-/m1/s1. The van der Waals surface area contributed by atoms with Crippen molar-refractivity contribution in [1.82, 2.24) is 0 Å². The zero-order valence-electron chi connectivity index (χ0n) is 20.0. The summed E-state index contributed by atoms with van der Waals surface area (Å²) in [4.78, 5) is 0. The number of aliphatic hydroxyl groups is 1. The Hall–Kier alpha value is -0.340. The predicted octanol–water partition coefficient (Wildman–Crippen LogP) is 6.77. The number of rotatable bonds is 5. The van der Waals surface area contributed by atoms with Gasteiger partial charge in [-0.2, -0.15) is 0 Å². The zero-order chi connectivity index (χ0) is 21.0. The predicted molar refractivity (Wildman–Crippen MR) is 121 cm³/mol. The lowest BCUT2D eigenvalue weighted by Gasteiger charge is -2.58. The summed E-state index contributed by atoms with van der Waals surface area (Å²) in [5.74, 6) is 4.27. The Morgan fingerprint density at radius 3 is 2.59 bits per heavy atom. The molecule has 0 heterocycles. The molecule has 0 aliphatic heterocycles. The Bertz CT molecular complexity index is 631. The maximum atomic E-state index is 10.2. The number of hydrogen-bond acceptors (Lipinski definition) is 2. The second-order valence-electron chi connectivity index (χ2n) is 12.4. The van der Waals surface area contributed by atoms with Crippen molar-refractivity contribution in [2.75, 3.05) is 7.11 Å². The Balaban J connectivity index is 1.51. The van der Waals surface area contributed by atoms with Crippen LogP contribution in [0.15, 0.2) is 11.6 Å². The molecule has 166 valence electrons. The van der Waals surface area contributed by atoms with E-state index in [0.717, 1.165) is 36.0 Å². The van der Waals surface area contributed by atoms with Crippen LogP contribution in [0.5, 0.6) is 0 Å². The highest BCUT2D eigenvalue weighted by Gasteiger charge is 2.59. The van der Waals surface area contributed by atoms with Gasteiger partial charge in [0.25, 0.3) is 0 Å². The first-order valence-corrected chi connectivity index (χ1v) is 12.5. The molecule has 2 heteroatoms. The molecule has 4 rings (SSSR count). The van der Waals surface area contributed by atoms with Crippen LogP contribution in [0.25, 0.3) is 0 Å². The first-order valence-electron chi connectivity index (χ1n) is 12.5. The maximum absolute atomic E-state index is 10.2. The minimum Gasteiger partial charge on any atom is -0.390 e. The molecule has 0 spiro atoms. The van der Waals surface area contributed by atoms with Gasteiger partial charge < -0.3 is 9.84 Å². The van der Waals surface area contributed by atoms with E-state index in [2.05, 4.69) is 26.8 Å². The van der Waals surface area contributed by atoms with Gasteiger partial charge in [0.15, 0.2) is 0 Å². The van der Waals surface area contributed by atoms with Crippen LogP contribution in [0.1, 0.15) is 98.8 Å². The SMILES string of the molecule is CO[C@H]1CC[C@@]2(C)C(=CC[C@H]3C4CCC([C@H](C)CCC(C)(C)O)[C@@]4(C)CCC32)C1. The number of fused-ring (bicyclic) bond motifs is 5. The second-order valence-corrected chi connectivity index (χ2v) is 12.4. The summed E-state index contributed by atoms with van der Waals surface area (Å²) in [6.45, 7) is 11.7. The molecule has 0 radical (unpaired) electrons. The molecule has 3 unspecified atom stereocenters. The molecule has 8 atom stereocenters. The topological polar surface area (TPSA) is 29.5 Å². The van der Waals surface area contributed by atoms with Crippen molar-refractivity contribution in [2.45, 2.75) is 111 Å². The zero-order valence-corrected chi connectivity index (χ0v) is 20.0. The van der Waals surface area contributed by atoms with Gasteiger partial charge in [-0.15, -0.1) is 0 Å². The summed E-state index contributed by atoms with van der Waals surface area (Å²) < 4.78 is 5.74. The first kappa shape index (κ1) is 21.9. The van der Waals surface area contributed by atoms with E-state index in [1.807, 2.05) is 21.0 Å². The lowest BCUT2D eigenvalue weighted by Crippen LogP contribution is -2.51. The molecule has 0 aromatic carbocycles. The number of ether oxygens (including phenoxy) is 1. The van der Waals surface area contributed by atoms with Crippen molar-refractivity contribution in [3.63, 3.8) is 0 Å². The van der Waals surface area contributed by atoms with Crippen LogP contribution in [-0.4, -0.2) is 23.9 Å². The van der Waals surface area contributed by atoms with E-state index >= 15 is 0 Å². The molecule has 0 aromatic heterocycles. The molecule has 4 aliphatic rings. The van der Waals surface area contributed by atoms with Gasteiger partial charge in [-0.25, -0.2) is 0 Å². The van der Waals surface area contributed by atoms with Gasteiger partial charge >= 0.3 is 0 Å². The summed E-state index contributed by atoms with van der Waals surface area (Å²) in [5, 5.41) is 10.2. The summed E-state index contributed by atoms with van der Waals surface area (Å²) in [7, 11) is 1.89.